The van der Waals surface area contributed by atoms with Gasteiger partial charge in [-0.1, -0.05) is 11.6 Å². The second kappa shape index (κ2) is 10.4. The minimum atomic E-state index is -0.778. The van der Waals surface area contributed by atoms with E-state index in [1.54, 1.807) is 0 Å². The molecule has 9 nitrogen and oxygen atoms in total. The second-order valence-electron chi connectivity index (χ2n) is 10.7. The Morgan fingerprint density at radius 1 is 1.22 bits per heavy atom. The van der Waals surface area contributed by atoms with Crippen molar-refractivity contribution < 1.29 is 23.8 Å². The summed E-state index contributed by atoms with van der Waals surface area (Å²) in [5.41, 5.74) is -1.20. The van der Waals surface area contributed by atoms with Crippen molar-refractivity contribution >= 4 is 23.4 Å². The molecular weight excluding hydrogens is 489 g/mol. The first-order valence-electron chi connectivity index (χ1n) is 12.8. The van der Waals surface area contributed by atoms with E-state index >= 15 is 0 Å². The van der Waals surface area contributed by atoms with E-state index in [0.29, 0.717) is 38.1 Å². The molecule has 36 heavy (non-hydrogen) atoms. The molecule has 11 heteroatoms. The molecule has 5 aliphatic rings. The molecule has 1 aromatic carbocycles. The number of piperidine rings is 1. The third-order valence-electron chi connectivity index (χ3n) is 8.46. The van der Waals surface area contributed by atoms with Crippen molar-refractivity contribution in [2.75, 3.05) is 32.9 Å². The lowest BCUT2D eigenvalue weighted by Gasteiger charge is -2.56. The van der Waals surface area contributed by atoms with Crippen LogP contribution in [0.1, 0.15) is 44.9 Å². The Balaban J connectivity index is 1.13. The van der Waals surface area contributed by atoms with Crippen LogP contribution in [0.25, 0.3) is 0 Å². The van der Waals surface area contributed by atoms with Gasteiger partial charge < -0.3 is 31.1 Å². The predicted octanol–water partition coefficient (Wildman–Crippen LogP) is 0.890. The number of carbonyl (C=O) groups is 2. The van der Waals surface area contributed by atoms with Crippen molar-refractivity contribution in [3.8, 4) is 5.75 Å². The Labute approximate surface area is 215 Å². The van der Waals surface area contributed by atoms with Gasteiger partial charge in [0.1, 0.15) is 11.6 Å². The Morgan fingerprint density at radius 2 is 2.03 bits per heavy atom. The first kappa shape index (κ1) is 25.7. The summed E-state index contributed by atoms with van der Waals surface area (Å²) in [6, 6.07) is 4.16. The zero-order valence-electron chi connectivity index (χ0n) is 20.3. The van der Waals surface area contributed by atoms with Gasteiger partial charge in [-0.15, -0.1) is 0 Å². The number of rotatable bonds is 7. The van der Waals surface area contributed by atoms with Gasteiger partial charge >= 0.3 is 0 Å². The van der Waals surface area contributed by atoms with E-state index in [1.807, 2.05) is 0 Å². The Kier molecular flexibility index (Phi) is 7.42. The summed E-state index contributed by atoms with van der Waals surface area (Å²) in [6.07, 6.45) is 3.94. The number of amides is 2. The van der Waals surface area contributed by atoms with Crippen LogP contribution in [0.5, 0.6) is 5.75 Å². The number of nitrogens with one attached hydrogen (secondary N) is 4. The number of aliphatic hydroxyl groups is 1. The Morgan fingerprint density at radius 3 is 2.72 bits per heavy atom. The van der Waals surface area contributed by atoms with E-state index in [-0.39, 0.29) is 35.2 Å². The molecule has 0 aromatic heterocycles. The molecule has 3 atom stereocenters. The molecule has 2 amide bonds. The summed E-state index contributed by atoms with van der Waals surface area (Å²) in [4.78, 5) is 28.3. The van der Waals surface area contributed by atoms with Crippen LogP contribution in [0.4, 0.5) is 4.39 Å². The van der Waals surface area contributed by atoms with Gasteiger partial charge in [0.25, 0.3) is 5.91 Å². The molecule has 2 bridgehead atoms. The van der Waals surface area contributed by atoms with Crippen molar-refractivity contribution in [3.05, 3.63) is 29.0 Å². The summed E-state index contributed by atoms with van der Waals surface area (Å²) >= 11 is 5.68. The van der Waals surface area contributed by atoms with Crippen LogP contribution >= 0.6 is 11.6 Å². The molecule has 198 valence electrons. The number of benzene rings is 1. The first-order valence-corrected chi connectivity index (χ1v) is 13.2. The molecule has 0 radical (unpaired) electrons. The molecular formula is C25H35ClFN5O4. The normalized spacial score (nSPS) is 34.4. The maximum absolute atomic E-state index is 13.6. The third kappa shape index (κ3) is 5.33. The number of hydrogen-bond donors (Lipinski definition) is 5. The van der Waals surface area contributed by atoms with E-state index in [1.165, 1.54) is 12.1 Å². The van der Waals surface area contributed by atoms with Crippen LogP contribution in [-0.2, 0) is 9.59 Å². The van der Waals surface area contributed by atoms with Gasteiger partial charge in [0, 0.05) is 37.4 Å². The summed E-state index contributed by atoms with van der Waals surface area (Å²) in [5.74, 6) is -0.787. The average molecular weight is 524 g/mol. The first-order chi connectivity index (χ1) is 17.3. The molecule has 3 saturated carbocycles. The molecule has 2 aliphatic heterocycles. The quantitative estimate of drug-likeness (QED) is 0.360. The SMILES string of the molecule is O=C(COc1ccc(Cl)c(F)c1)NC12CCC(NC(=O)C3CC(N4CCNC4)CCN3)(CC1)CC2O. The number of ether oxygens (including phenoxy) is 1. The Hall–Kier alpha value is -1.98. The lowest BCUT2D eigenvalue weighted by atomic mass is 9.59. The second-order valence-corrected chi connectivity index (χ2v) is 11.1. The zero-order valence-corrected chi connectivity index (χ0v) is 21.1. The highest BCUT2D eigenvalue weighted by molar-refractivity contribution is 6.30. The Bertz CT molecular complexity index is 983. The van der Waals surface area contributed by atoms with Crippen molar-refractivity contribution in [1.82, 2.24) is 26.2 Å². The minimum Gasteiger partial charge on any atom is -0.484 e. The van der Waals surface area contributed by atoms with Gasteiger partial charge in [-0.05, 0) is 63.6 Å². The smallest absolute Gasteiger partial charge is 0.258 e. The van der Waals surface area contributed by atoms with Crippen molar-refractivity contribution in [2.45, 2.75) is 74.2 Å². The van der Waals surface area contributed by atoms with Gasteiger partial charge in [0.2, 0.25) is 5.91 Å². The monoisotopic (exact) mass is 523 g/mol. The molecule has 3 unspecified atom stereocenters. The maximum Gasteiger partial charge on any atom is 0.258 e. The highest BCUT2D eigenvalue weighted by Crippen LogP contribution is 2.47. The van der Waals surface area contributed by atoms with Crippen LogP contribution in [0.3, 0.4) is 0 Å². The maximum atomic E-state index is 13.6. The van der Waals surface area contributed by atoms with Crippen LogP contribution in [0.2, 0.25) is 5.02 Å². The predicted molar refractivity (Wildman–Crippen MR) is 132 cm³/mol. The van der Waals surface area contributed by atoms with Gasteiger partial charge in [-0.3, -0.25) is 14.5 Å². The van der Waals surface area contributed by atoms with Gasteiger partial charge in [0.15, 0.2) is 6.61 Å². The van der Waals surface area contributed by atoms with E-state index in [0.717, 1.165) is 45.2 Å². The van der Waals surface area contributed by atoms with Crippen molar-refractivity contribution in [1.29, 1.82) is 0 Å². The average Bonchev–Trinajstić information content (AvgIpc) is 3.41. The molecule has 1 aromatic rings. The lowest BCUT2D eigenvalue weighted by molar-refractivity contribution is -0.137. The van der Waals surface area contributed by atoms with Crippen LogP contribution in [0.15, 0.2) is 18.2 Å². The summed E-state index contributed by atoms with van der Waals surface area (Å²) in [7, 11) is 0. The number of aliphatic hydroxyl groups excluding tert-OH is 1. The highest BCUT2D eigenvalue weighted by atomic mass is 35.5. The van der Waals surface area contributed by atoms with Gasteiger partial charge in [-0.2, -0.15) is 0 Å². The number of nitrogens with zero attached hydrogens (tertiary/aromatic N) is 1. The van der Waals surface area contributed by atoms with E-state index in [2.05, 4.69) is 26.2 Å². The number of halogens is 2. The van der Waals surface area contributed by atoms with E-state index < -0.39 is 23.0 Å². The summed E-state index contributed by atoms with van der Waals surface area (Å²) < 4.78 is 19.0. The molecule has 5 fully saturated rings. The third-order valence-corrected chi connectivity index (χ3v) is 8.77. The summed E-state index contributed by atoms with van der Waals surface area (Å²) in [5, 5.41) is 24.0. The molecule has 3 aliphatic carbocycles. The largest absolute Gasteiger partial charge is 0.484 e. The molecule has 5 N–H and O–H groups in total. The molecule has 2 saturated heterocycles. The fourth-order valence-electron chi connectivity index (χ4n) is 6.30. The van der Waals surface area contributed by atoms with E-state index in [4.69, 9.17) is 16.3 Å². The van der Waals surface area contributed by atoms with Crippen LogP contribution in [0, 0.1) is 5.82 Å². The topological polar surface area (TPSA) is 115 Å². The van der Waals surface area contributed by atoms with Gasteiger partial charge in [-0.25, -0.2) is 4.39 Å². The minimum absolute atomic E-state index is 0.00101. The van der Waals surface area contributed by atoms with Crippen LogP contribution < -0.4 is 26.0 Å². The fraction of sp³-hybridized carbons (Fsp3) is 0.680. The molecule has 0 spiro atoms. The molecule has 6 rings (SSSR count). The standard InChI is InChI=1S/C25H35ClFN5O4/c26-18-2-1-17(12-19(18)27)36-14-22(34)30-25-6-4-24(5-7-25,13-21(25)33)31-23(35)20-11-16(3-8-29-20)32-10-9-28-15-32/h1-2,12,16,20-21,28-29,33H,3-11,13-15H2,(H,30,34)(H,31,35). The van der Waals surface area contributed by atoms with Crippen LogP contribution in [-0.4, -0.2) is 84.0 Å². The fourth-order valence-corrected chi connectivity index (χ4v) is 6.42. The zero-order chi connectivity index (χ0) is 25.3. The van der Waals surface area contributed by atoms with E-state index in [9.17, 15) is 19.1 Å². The number of hydrogen-bond acceptors (Lipinski definition) is 7. The number of fused-ring (bicyclic) bond motifs is 3. The highest BCUT2D eigenvalue weighted by Gasteiger charge is 2.55. The van der Waals surface area contributed by atoms with Gasteiger partial charge in [0.05, 0.1) is 22.7 Å². The van der Waals surface area contributed by atoms with Crippen molar-refractivity contribution in [2.24, 2.45) is 0 Å². The summed E-state index contributed by atoms with van der Waals surface area (Å²) in [6.45, 7) is 3.41. The lowest BCUT2D eigenvalue weighted by Crippen LogP contribution is -2.71. The molecule has 2 heterocycles. The van der Waals surface area contributed by atoms with Crippen molar-refractivity contribution in [3.63, 3.8) is 0 Å². The number of carbonyl (C=O) groups excluding carboxylic acids is 2.